The van der Waals surface area contributed by atoms with E-state index in [9.17, 15) is 9.59 Å². The monoisotopic (exact) mass is 412 g/mol. The van der Waals surface area contributed by atoms with E-state index in [0.29, 0.717) is 12.4 Å². The molecule has 1 saturated carbocycles. The maximum absolute atomic E-state index is 12.9. The summed E-state index contributed by atoms with van der Waals surface area (Å²) < 4.78 is 14.5. The topological polar surface area (TPSA) is 78.6 Å². The standard InChI is InChI=1S/C22H28N4O4/c1-29-18-8-6-16(7-9-18)12-24-11-10-22(14-24)15-25-19(13-30-22)23-26(21(28)20(25)27)17-4-2-3-5-17/h6-9,17H,2-5,10-15H2,1H3/t22-/m0/s1. The number of fused-ring (bicyclic) bond motifs is 1. The third kappa shape index (κ3) is 3.48. The van der Waals surface area contributed by atoms with Crippen LogP contribution in [0.4, 0.5) is 0 Å². The Morgan fingerprint density at radius 2 is 1.90 bits per heavy atom. The van der Waals surface area contributed by atoms with Crippen molar-refractivity contribution >= 4 is 0 Å². The molecule has 0 unspecified atom stereocenters. The number of hydrogen-bond donors (Lipinski definition) is 0. The second kappa shape index (κ2) is 7.67. The van der Waals surface area contributed by atoms with E-state index < -0.39 is 16.7 Å². The van der Waals surface area contributed by atoms with Crippen molar-refractivity contribution in [2.24, 2.45) is 0 Å². The quantitative estimate of drug-likeness (QED) is 0.712. The summed E-state index contributed by atoms with van der Waals surface area (Å²) in [5.41, 5.74) is -0.168. The molecule has 1 aromatic carbocycles. The summed E-state index contributed by atoms with van der Waals surface area (Å²) in [5, 5.41) is 4.53. The minimum atomic E-state index is -0.490. The maximum Gasteiger partial charge on any atom is 0.332 e. The van der Waals surface area contributed by atoms with Gasteiger partial charge in [-0.1, -0.05) is 25.0 Å². The average molecular weight is 412 g/mol. The zero-order chi connectivity index (χ0) is 20.7. The number of aromatic nitrogens is 3. The molecule has 0 radical (unpaired) electrons. The molecule has 160 valence electrons. The molecule has 2 aliphatic heterocycles. The molecule has 0 amide bonds. The smallest absolute Gasteiger partial charge is 0.332 e. The van der Waals surface area contributed by atoms with Crippen LogP contribution in [0, 0.1) is 0 Å². The lowest BCUT2D eigenvalue weighted by Crippen LogP contribution is -2.53. The zero-order valence-electron chi connectivity index (χ0n) is 17.4. The van der Waals surface area contributed by atoms with E-state index in [1.54, 1.807) is 11.7 Å². The Morgan fingerprint density at radius 1 is 1.13 bits per heavy atom. The normalized spacial score (nSPS) is 24.4. The Bertz CT molecular complexity index is 1040. The SMILES string of the molecule is COc1ccc(CN2CC[C@]3(C2)Cn2c(nn(C4CCCC4)c(=O)c2=O)CO3)cc1. The van der Waals surface area contributed by atoms with Crippen molar-refractivity contribution in [2.75, 3.05) is 20.2 Å². The summed E-state index contributed by atoms with van der Waals surface area (Å²) in [7, 11) is 1.66. The van der Waals surface area contributed by atoms with Gasteiger partial charge in [-0.3, -0.25) is 19.1 Å². The Balaban J connectivity index is 1.33. The molecule has 1 atom stereocenters. The van der Waals surface area contributed by atoms with Crippen LogP contribution in [0.15, 0.2) is 33.9 Å². The number of ether oxygens (including phenoxy) is 2. The maximum atomic E-state index is 12.9. The van der Waals surface area contributed by atoms with Crippen molar-refractivity contribution < 1.29 is 9.47 Å². The molecule has 2 fully saturated rings. The average Bonchev–Trinajstić information content (AvgIpc) is 3.43. The molecule has 1 saturated heterocycles. The van der Waals surface area contributed by atoms with Gasteiger partial charge in [0.15, 0.2) is 5.82 Å². The number of nitrogens with zero attached hydrogens (tertiary/aromatic N) is 4. The number of likely N-dealkylation sites (tertiary alicyclic amines) is 1. The largest absolute Gasteiger partial charge is 0.497 e. The van der Waals surface area contributed by atoms with E-state index in [4.69, 9.17) is 9.47 Å². The van der Waals surface area contributed by atoms with Gasteiger partial charge in [-0.25, -0.2) is 4.68 Å². The summed E-state index contributed by atoms with van der Waals surface area (Å²) >= 11 is 0. The lowest BCUT2D eigenvalue weighted by molar-refractivity contribution is -0.0860. The van der Waals surface area contributed by atoms with Gasteiger partial charge in [-0.15, -0.1) is 0 Å². The first-order chi connectivity index (χ1) is 14.6. The first-order valence-electron chi connectivity index (χ1n) is 10.8. The Labute approximate surface area is 175 Å². The summed E-state index contributed by atoms with van der Waals surface area (Å²) in [4.78, 5) is 27.9. The molecule has 30 heavy (non-hydrogen) atoms. The van der Waals surface area contributed by atoms with Gasteiger partial charge in [0.05, 0.1) is 19.7 Å². The molecule has 1 aliphatic carbocycles. The fourth-order valence-corrected chi connectivity index (χ4v) is 5.07. The van der Waals surface area contributed by atoms with Crippen LogP contribution in [-0.4, -0.2) is 45.0 Å². The van der Waals surface area contributed by atoms with E-state index in [0.717, 1.165) is 57.5 Å². The summed E-state index contributed by atoms with van der Waals surface area (Å²) in [6, 6.07) is 8.13. The minimum Gasteiger partial charge on any atom is -0.497 e. The van der Waals surface area contributed by atoms with Gasteiger partial charge in [-0.05, 0) is 37.0 Å². The van der Waals surface area contributed by atoms with Crippen molar-refractivity contribution in [3.8, 4) is 5.75 Å². The number of benzene rings is 1. The first-order valence-corrected chi connectivity index (χ1v) is 10.8. The molecule has 3 heterocycles. The minimum absolute atomic E-state index is 0.0541. The van der Waals surface area contributed by atoms with Crippen LogP contribution < -0.4 is 15.9 Å². The predicted octanol–water partition coefficient (Wildman–Crippen LogP) is 1.70. The molecular formula is C22H28N4O4. The van der Waals surface area contributed by atoms with Crippen LogP contribution in [0.2, 0.25) is 0 Å². The molecule has 0 bridgehead atoms. The molecule has 5 rings (SSSR count). The Hall–Kier alpha value is -2.45. The third-order valence-electron chi connectivity index (χ3n) is 6.76. The molecule has 2 aromatic rings. The molecule has 3 aliphatic rings. The second-order valence-corrected chi connectivity index (χ2v) is 8.78. The fourth-order valence-electron chi connectivity index (χ4n) is 5.07. The van der Waals surface area contributed by atoms with Crippen molar-refractivity contribution in [3.05, 3.63) is 56.4 Å². The van der Waals surface area contributed by atoms with Crippen LogP contribution in [0.3, 0.4) is 0 Å². The van der Waals surface area contributed by atoms with Crippen molar-refractivity contribution in [3.63, 3.8) is 0 Å². The lowest BCUT2D eigenvalue weighted by atomic mass is 10.0. The number of rotatable bonds is 4. The highest BCUT2D eigenvalue weighted by Crippen LogP contribution is 2.32. The number of methoxy groups -OCH3 is 1. The van der Waals surface area contributed by atoms with Crippen LogP contribution in [0.25, 0.3) is 0 Å². The van der Waals surface area contributed by atoms with E-state index in [-0.39, 0.29) is 12.6 Å². The molecule has 1 aromatic heterocycles. The highest BCUT2D eigenvalue weighted by Gasteiger charge is 2.43. The molecule has 0 N–H and O–H groups in total. The van der Waals surface area contributed by atoms with Gasteiger partial charge >= 0.3 is 11.1 Å². The second-order valence-electron chi connectivity index (χ2n) is 8.78. The molecule has 8 nitrogen and oxygen atoms in total. The zero-order valence-corrected chi connectivity index (χ0v) is 17.4. The van der Waals surface area contributed by atoms with Gasteiger partial charge in [0.1, 0.15) is 18.0 Å². The van der Waals surface area contributed by atoms with Crippen molar-refractivity contribution in [1.82, 2.24) is 19.2 Å². The molecule has 8 heteroatoms. The Kier molecular flexibility index (Phi) is 4.99. The van der Waals surface area contributed by atoms with Crippen molar-refractivity contribution in [1.29, 1.82) is 0 Å². The van der Waals surface area contributed by atoms with Gasteiger partial charge in [0.25, 0.3) is 0 Å². The summed E-state index contributed by atoms with van der Waals surface area (Å²) in [5.74, 6) is 1.42. The molecule has 1 spiro atoms. The van der Waals surface area contributed by atoms with E-state index in [2.05, 4.69) is 22.1 Å². The van der Waals surface area contributed by atoms with Gasteiger partial charge in [0.2, 0.25) is 0 Å². The van der Waals surface area contributed by atoms with E-state index in [1.807, 2.05) is 12.1 Å². The van der Waals surface area contributed by atoms with Crippen LogP contribution >= 0.6 is 0 Å². The Morgan fingerprint density at radius 3 is 2.63 bits per heavy atom. The highest BCUT2D eigenvalue weighted by atomic mass is 16.5. The van der Waals surface area contributed by atoms with Crippen LogP contribution in [0.5, 0.6) is 5.75 Å². The molecular weight excluding hydrogens is 384 g/mol. The number of hydrogen-bond acceptors (Lipinski definition) is 6. The predicted molar refractivity (Wildman–Crippen MR) is 111 cm³/mol. The first kappa shape index (κ1) is 19.5. The van der Waals surface area contributed by atoms with Crippen molar-refractivity contribution in [2.45, 2.75) is 63.4 Å². The highest BCUT2D eigenvalue weighted by molar-refractivity contribution is 5.27. The fraction of sp³-hybridized carbons (Fsp3) is 0.591. The van der Waals surface area contributed by atoms with Gasteiger partial charge in [0, 0.05) is 19.6 Å². The van der Waals surface area contributed by atoms with E-state index in [1.165, 1.54) is 10.2 Å². The lowest BCUT2D eigenvalue weighted by Gasteiger charge is -2.35. The van der Waals surface area contributed by atoms with Crippen LogP contribution in [-0.2, 0) is 24.4 Å². The summed E-state index contributed by atoms with van der Waals surface area (Å²) in [6.07, 6.45) is 4.84. The van der Waals surface area contributed by atoms with E-state index >= 15 is 0 Å². The van der Waals surface area contributed by atoms with Crippen LogP contribution in [0.1, 0.15) is 49.5 Å². The van der Waals surface area contributed by atoms with Gasteiger partial charge in [-0.2, -0.15) is 5.10 Å². The summed E-state index contributed by atoms with van der Waals surface area (Å²) in [6.45, 7) is 3.12. The van der Waals surface area contributed by atoms with Gasteiger partial charge < -0.3 is 9.47 Å². The third-order valence-corrected chi connectivity index (χ3v) is 6.76.